The third-order valence-corrected chi connectivity index (χ3v) is 6.98. The zero-order valence-corrected chi connectivity index (χ0v) is 22.8. The molecule has 1 aliphatic heterocycles. The molecule has 1 heterocycles. The number of amides is 1. The van der Waals surface area contributed by atoms with Crippen molar-refractivity contribution in [3.05, 3.63) is 93.3 Å². The SMILES string of the molecule is CCOc1cc(C=C2SC(=Nc3cccc(C(=O)OC)c3)N(CC)C2=O)ccc1OCc1ccccc1Cl. The number of rotatable bonds is 9. The van der Waals surface area contributed by atoms with E-state index in [2.05, 4.69) is 4.99 Å². The predicted octanol–water partition coefficient (Wildman–Crippen LogP) is 6.73. The van der Waals surface area contributed by atoms with Crippen LogP contribution in [0.4, 0.5) is 5.69 Å². The second-order valence-electron chi connectivity index (χ2n) is 8.12. The zero-order chi connectivity index (χ0) is 27.1. The molecule has 1 saturated heterocycles. The smallest absolute Gasteiger partial charge is 0.337 e. The van der Waals surface area contributed by atoms with Crippen LogP contribution in [0.25, 0.3) is 6.08 Å². The Labute approximate surface area is 231 Å². The summed E-state index contributed by atoms with van der Waals surface area (Å²) >= 11 is 7.53. The van der Waals surface area contributed by atoms with Crippen molar-refractivity contribution in [3.63, 3.8) is 0 Å². The minimum Gasteiger partial charge on any atom is -0.490 e. The monoisotopic (exact) mass is 550 g/mol. The molecule has 0 spiro atoms. The number of methoxy groups -OCH3 is 1. The summed E-state index contributed by atoms with van der Waals surface area (Å²) in [6, 6.07) is 19.8. The van der Waals surface area contributed by atoms with Gasteiger partial charge in [-0.3, -0.25) is 9.69 Å². The second kappa shape index (κ2) is 12.7. The summed E-state index contributed by atoms with van der Waals surface area (Å²) in [4.78, 5) is 31.8. The van der Waals surface area contributed by atoms with Crippen LogP contribution in [0.1, 0.15) is 35.3 Å². The summed E-state index contributed by atoms with van der Waals surface area (Å²) in [5.41, 5.74) is 2.61. The molecule has 3 aromatic rings. The second-order valence-corrected chi connectivity index (χ2v) is 9.53. The lowest BCUT2D eigenvalue weighted by Gasteiger charge is -2.13. The van der Waals surface area contributed by atoms with Crippen molar-refractivity contribution in [2.75, 3.05) is 20.3 Å². The number of halogens is 1. The topological polar surface area (TPSA) is 77.4 Å². The highest BCUT2D eigenvalue weighted by Crippen LogP contribution is 2.36. The number of amidine groups is 1. The molecular formula is C29H27ClN2O5S. The Balaban J connectivity index is 1.57. The molecule has 0 aliphatic carbocycles. The number of ether oxygens (including phenoxy) is 3. The minimum absolute atomic E-state index is 0.141. The molecule has 3 aromatic carbocycles. The number of thioether (sulfide) groups is 1. The third kappa shape index (κ3) is 6.38. The number of carbonyl (C=O) groups is 2. The van der Waals surface area contributed by atoms with Crippen LogP contribution in [-0.2, 0) is 16.1 Å². The molecule has 4 rings (SSSR count). The van der Waals surface area contributed by atoms with Gasteiger partial charge < -0.3 is 14.2 Å². The summed E-state index contributed by atoms with van der Waals surface area (Å²) in [7, 11) is 1.33. The van der Waals surface area contributed by atoms with Gasteiger partial charge in [0.05, 0.1) is 29.9 Å². The van der Waals surface area contributed by atoms with Crippen LogP contribution in [0.5, 0.6) is 11.5 Å². The number of hydrogen-bond acceptors (Lipinski definition) is 7. The highest BCUT2D eigenvalue weighted by atomic mass is 35.5. The number of aliphatic imine (C=N–C) groups is 1. The van der Waals surface area contributed by atoms with Crippen LogP contribution in [-0.4, -0.2) is 42.2 Å². The molecule has 0 radical (unpaired) electrons. The van der Waals surface area contributed by atoms with E-state index in [1.165, 1.54) is 18.9 Å². The van der Waals surface area contributed by atoms with Crippen LogP contribution >= 0.6 is 23.4 Å². The molecule has 9 heteroatoms. The highest BCUT2D eigenvalue weighted by Gasteiger charge is 2.32. The minimum atomic E-state index is -0.445. The molecule has 7 nitrogen and oxygen atoms in total. The molecule has 38 heavy (non-hydrogen) atoms. The number of hydrogen-bond donors (Lipinski definition) is 0. The summed E-state index contributed by atoms with van der Waals surface area (Å²) < 4.78 is 16.6. The molecule has 196 valence electrons. The molecule has 0 unspecified atom stereocenters. The molecule has 0 aromatic heterocycles. The molecule has 1 amide bonds. The molecule has 1 fully saturated rings. The van der Waals surface area contributed by atoms with Gasteiger partial charge in [0.15, 0.2) is 16.7 Å². The van der Waals surface area contributed by atoms with E-state index in [1.807, 2.05) is 62.4 Å². The first-order valence-corrected chi connectivity index (χ1v) is 13.2. The number of esters is 1. The maximum Gasteiger partial charge on any atom is 0.337 e. The maximum absolute atomic E-state index is 13.1. The molecule has 0 saturated carbocycles. The van der Waals surface area contributed by atoms with Gasteiger partial charge in [-0.1, -0.05) is 41.9 Å². The van der Waals surface area contributed by atoms with Gasteiger partial charge in [0, 0.05) is 17.1 Å². The Morgan fingerprint density at radius 2 is 1.84 bits per heavy atom. The predicted molar refractivity (Wildman–Crippen MR) is 151 cm³/mol. The summed E-state index contributed by atoms with van der Waals surface area (Å²) in [6.07, 6.45) is 1.81. The Kier molecular flexibility index (Phi) is 9.10. The normalized spacial score (nSPS) is 15.3. The molecule has 0 atom stereocenters. The van der Waals surface area contributed by atoms with Gasteiger partial charge in [-0.2, -0.15) is 0 Å². The van der Waals surface area contributed by atoms with E-state index >= 15 is 0 Å². The first kappa shape index (κ1) is 27.3. The van der Waals surface area contributed by atoms with Crippen LogP contribution in [0, 0.1) is 0 Å². The van der Waals surface area contributed by atoms with E-state index in [1.54, 1.807) is 29.2 Å². The van der Waals surface area contributed by atoms with Gasteiger partial charge in [-0.15, -0.1) is 0 Å². The van der Waals surface area contributed by atoms with E-state index in [0.717, 1.165) is 11.1 Å². The average molecular weight is 551 g/mol. The van der Waals surface area contributed by atoms with E-state index in [9.17, 15) is 9.59 Å². The maximum atomic E-state index is 13.1. The van der Waals surface area contributed by atoms with Gasteiger partial charge in [0.1, 0.15) is 6.61 Å². The molecule has 1 aliphatic rings. The number of likely N-dealkylation sites (N-methyl/N-ethyl adjacent to an activating group) is 1. The van der Waals surface area contributed by atoms with Crippen molar-refractivity contribution in [1.82, 2.24) is 4.90 Å². The Morgan fingerprint density at radius 1 is 1.03 bits per heavy atom. The summed E-state index contributed by atoms with van der Waals surface area (Å²) in [6.45, 7) is 5.01. The summed E-state index contributed by atoms with van der Waals surface area (Å²) in [5, 5.41) is 1.18. The van der Waals surface area contributed by atoms with E-state index in [0.29, 0.717) is 57.6 Å². The van der Waals surface area contributed by atoms with Crippen molar-refractivity contribution in [3.8, 4) is 11.5 Å². The number of carbonyl (C=O) groups excluding carboxylic acids is 2. The third-order valence-electron chi connectivity index (χ3n) is 5.60. The molecule has 0 N–H and O–H groups in total. The van der Waals surface area contributed by atoms with E-state index in [-0.39, 0.29) is 5.91 Å². The Hall–Kier alpha value is -3.75. The van der Waals surface area contributed by atoms with E-state index < -0.39 is 5.97 Å². The molecule has 0 bridgehead atoms. The van der Waals surface area contributed by atoms with Crippen LogP contribution in [0.3, 0.4) is 0 Å². The lowest BCUT2D eigenvalue weighted by Crippen LogP contribution is -2.28. The number of benzene rings is 3. The van der Waals surface area contributed by atoms with Crippen LogP contribution in [0.2, 0.25) is 5.02 Å². The zero-order valence-electron chi connectivity index (χ0n) is 21.3. The van der Waals surface area contributed by atoms with Crippen molar-refractivity contribution < 1.29 is 23.8 Å². The fourth-order valence-corrected chi connectivity index (χ4v) is 4.98. The molecular weight excluding hydrogens is 524 g/mol. The lowest BCUT2D eigenvalue weighted by molar-refractivity contribution is -0.122. The van der Waals surface area contributed by atoms with Gasteiger partial charge in [0.2, 0.25) is 0 Å². The van der Waals surface area contributed by atoms with Crippen LogP contribution < -0.4 is 9.47 Å². The standard InChI is InChI=1S/C29H27ClN2O5S/c1-4-32-27(33)26(38-29(32)31-22-11-8-10-20(17-22)28(34)35-3)16-19-13-14-24(25(15-19)36-5-2)37-18-21-9-6-7-12-23(21)30/h6-17H,4-5,18H2,1-3H3. The first-order valence-electron chi connectivity index (χ1n) is 12.0. The Morgan fingerprint density at radius 3 is 2.58 bits per heavy atom. The highest BCUT2D eigenvalue weighted by molar-refractivity contribution is 8.18. The lowest BCUT2D eigenvalue weighted by atomic mass is 10.1. The van der Waals surface area contributed by atoms with Gasteiger partial charge in [0.25, 0.3) is 5.91 Å². The fourth-order valence-electron chi connectivity index (χ4n) is 3.73. The fraction of sp³-hybridized carbons (Fsp3) is 0.207. The van der Waals surface area contributed by atoms with Crippen LogP contribution in [0.15, 0.2) is 76.6 Å². The van der Waals surface area contributed by atoms with E-state index in [4.69, 9.17) is 25.8 Å². The summed E-state index contributed by atoms with van der Waals surface area (Å²) in [5.74, 6) is 0.573. The largest absolute Gasteiger partial charge is 0.490 e. The first-order chi connectivity index (χ1) is 18.4. The van der Waals surface area contributed by atoms with Crippen molar-refractivity contribution >= 4 is 52.2 Å². The number of nitrogens with zero attached hydrogens (tertiary/aromatic N) is 2. The van der Waals surface area contributed by atoms with Crippen molar-refractivity contribution in [2.24, 2.45) is 4.99 Å². The van der Waals surface area contributed by atoms with Crippen molar-refractivity contribution in [1.29, 1.82) is 0 Å². The van der Waals surface area contributed by atoms with Gasteiger partial charge >= 0.3 is 5.97 Å². The van der Waals surface area contributed by atoms with Gasteiger partial charge in [-0.25, -0.2) is 9.79 Å². The van der Waals surface area contributed by atoms with Crippen molar-refractivity contribution in [2.45, 2.75) is 20.5 Å². The Bertz CT molecular complexity index is 1410. The quantitative estimate of drug-likeness (QED) is 0.217. The van der Waals surface area contributed by atoms with Gasteiger partial charge in [-0.05, 0) is 73.6 Å². The average Bonchev–Trinajstić information content (AvgIpc) is 3.22.